The van der Waals surface area contributed by atoms with E-state index >= 15 is 0 Å². The minimum Gasteiger partial charge on any atom is -0.480 e. The fourth-order valence-corrected chi connectivity index (χ4v) is 3.66. The van der Waals surface area contributed by atoms with Crippen LogP contribution in [0, 0.1) is 0 Å². The Labute approximate surface area is 120 Å². The van der Waals surface area contributed by atoms with Gasteiger partial charge in [-0.1, -0.05) is 11.3 Å². The molecular weight excluding hydrogens is 342 g/mol. The van der Waals surface area contributed by atoms with Crippen molar-refractivity contribution in [2.45, 2.75) is 6.04 Å². The van der Waals surface area contributed by atoms with Crippen molar-refractivity contribution >= 4 is 56.2 Å². The van der Waals surface area contributed by atoms with E-state index in [1.807, 2.05) is 0 Å². The van der Waals surface area contributed by atoms with Crippen molar-refractivity contribution in [3.8, 4) is 0 Å². The highest BCUT2D eigenvalue weighted by atomic mass is 79.9. The Morgan fingerprint density at radius 2 is 2.39 bits per heavy atom. The van der Waals surface area contributed by atoms with Gasteiger partial charge >= 0.3 is 12.0 Å². The first-order chi connectivity index (χ1) is 8.58. The molecule has 0 radical (unpaired) electrons. The van der Waals surface area contributed by atoms with Gasteiger partial charge in [-0.05, 0) is 15.9 Å². The lowest BCUT2D eigenvalue weighted by Gasteiger charge is -2.32. The van der Waals surface area contributed by atoms with Gasteiger partial charge in [0.1, 0.15) is 6.04 Å². The van der Waals surface area contributed by atoms with Gasteiger partial charge in [0.05, 0.1) is 9.98 Å². The highest BCUT2D eigenvalue weighted by Crippen LogP contribution is 2.24. The Kier molecular flexibility index (Phi) is 4.46. The molecule has 1 unspecified atom stereocenters. The number of thiazole rings is 1. The number of thioether (sulfide) groups is 1. The summed E-state index contributed by atoms with van der Waals surface area (Å²) in [5, 5.41) is 12.1. The maximum Gasteiger partial charge on any atom is 0.327 e. The fraction of sp³-hybridized carbons (Fsp3) is 0.444. The van der Waals surface area contributed by atoms with E-state index in [1.165, 1.54) is 28.0 Å². The average Bonchev–Trinajstić information content (AvgIpc) is 2.74. The van der Waals surface area contributed by atoms with Gasteiger partial charge in [-0.2, -0.15) is 11.8 Å². The minimum absolute atomic E-state index is 0.412. The summed E-state index contributed by atoms with van der Waals surface area (Å²) in [5.41, 5.74) is 0. The molecule has 2 rings (SSSR count). The van der Waals surface area contributed by atoms with Gasteiger partial charge < -0.3 is 10.0 Å². The molecule has 2 N–H and O–H groups in total. The van der Waals surface area contributed by atoms with Crippen LogP contribution >= 0.6 is 39.0 Å². The third-order valence-corrected chi connectivity index (χ3v) is 4.78. The summed E-state index contributed by atoms with van der Waals surface area (Å²) < 4.78 is 0.807. The number of aliphatic carboxylic acids is 1. The Bertz CT molecular complexity index is 468. The zero-order valence-corrected chi connectivity index (χ0v) is 12.3. The molecule has 1 aromatic heterocycles. The van der Waals surface area contributed by atoms with Crippen LogP contribution < -0.4 is 5.32 Å². The van der Waals surface area contributed by atoms with Crippen LogP contribution in [-0.2, 0) is 4.79 Å². The number of hydrogen-bond acceptors (Lipinski definition) is 5. The molecule has 0 aliphatic carbocycles. The van der Waals surface area contributed by atoms with Gasteiger partial charge in [-0.25, -0.2) is 14.6 Å². The second-order valence-corrected chi connectivity index (χ2v) is 7.08. The number of carboxylic acids is 1. The van der Waals surface area contributed by atoms with Crippen molar-refractivity contribution in [1.82, 2.24) is 9.88 Å². The lowest BCUT2D eigenvalue weighted by Crippen LogP contribution is -2.51. The van der Waals surface area contributed by atoms with E-state index in [9.17, 15) is 9.59 Å². The Morgan fingerprint density at radius 1 is 1.61 bits per heavy atom. The van der Waals surface area contributed by atoms with Gasteiger partial charge in [0.2, 0.25) is 0 Å². The summed E-state index contributed by atoms with van der Waals surface area (Å²) in [7, 11) is 0. The van der Waals surface area contributed by atoms with Crippen molar-refractivity contribution in [2.24, 2.45) is 0 Å². The van der Waals surface area contributed by atoms with Gasteiger partial charge in [0, 0.05) is 18.1 Å². The molecule has 1 aliphatic heterocycles. The molecule has 0 spiro atoms. The molecule has 0 bridgehead atoms. The molecule has 2 heterocycles. The van der Waals surface area contributed by atoms with Crippen molar-refractivity contribution in [2.75, 3.05) is 23.4 Å². The average molecular weight is 352 g/mol. The summed E-state index contributed by atoms with van der Waals surface area (Å²) in [5.74, 6) is 0.195. The number of nitrogens with one attached hydrogen (secondary N) is 1. The number of carbonyl (C=O) groups excluding carboxylic acids is 1. The highest BCUT2D eigenvalue weighted by molar-refractivity contribution is 9.11. The number of carboxylic acid groups (broad SMARTS) is 1. The van der Waals surface area contributed by atoms with E-state index in [1.54, 1.807) is 6.20 Å². The molecule has 1 aliphatic rings. The quantitative estimate of drug-likeness (QED) is 0.850. The van der Waals surface area contributed by atoms with Gasteiger partial charge in [0.25, 0.3) is 0 Å². The number of amides is 2. The van der Waals surface area contributed by atoms with Crippen LogP contribution in [-0.4, -0.2) is 51.1 Å². The largest absolute Gasteiger partial charge is 0.480 e. The summed E-state index contributed by atoms with van der Waals surface area (Å²) >= 11 is 6.07. The van der Waals surface area contributed by atoms with Gasteiger partial charge in [-0.15, -0.1) is 0 Å². The molecular formula is C9H10BrN3O3S2. The predicted molar refractivity (Wildman–Crippen MR) is 74.3 cm³/mol. The first kappa shape index (κ1) is 13.6. The SMILES string of the molecule is O=C(O)C1CSCCN1C(=O)Nc1ncc(Br)s1. The van der Waals surface area contributed by atoms with Crippen molar-refractivity contribution in [3.63, 3.8) is 0 Å². The standard InChI is InChI=1S/C9H10BrN3O3S2/c10-6-3-11-8(18-6)12-9(16)13-1-2-17-4-5(13)7(14)15/h3,5H,1-2,4H2,(H,14,15)(H,11,12,16). The zero-order valence-electron chi connectivity index (χ0n) is 9.13. The van der Waals surface area contributed by atoms with Crippen molar-refractivity contribution < 1.29 is 14.7 Å². The molecule has 0 aromatic carbocycles. The number of rotatable bonds is 2. The van der Waals surface area contributed by atoms with E-state index in [0.29, 0.717) is 17.4 Å². The summed E-state index contributed by atoms with van der Waals surface area (Å²) in [6, 6.07) is -1.18. The van der Waals surface area contributed by atoms with E-state index in [4.69, 9.17) is 5.11 Å². The second kappa shape index (κ2) is 5.89. The number of hydrogen-bond donors (Lipinski definition) is 2. The van der Waals surface area contributed by atoms with E-state index in [2.05, 4.69) is 26.2 Å². The van der Waals surface area contributed by atoms with Crippen molar-refractivity contribution in [1.29, 1.82) is 0 Å². The van der Waals surface area contributed by atoms with E-state index < -0.39 is 18.0 Å². The number of urea groups is 1. The summed E-state index contributed by atoms with van der Waals surface area (Å²) in [4.78, 5) is 28.4. The maximum absolute atomic E-state index is 12.0. The highest BCUT2D eigenvalue weighted by Gasteiger charge is 2.32. The summed E-state index contributed by atoms with van der Waals surface area (Å²) in [6.45, 7) is 0.431. The van der Waals surface area contributed by atoms with Crippen LogP contribution in [0.15, 0.2) is 9.98 Å². The number of carbonyl (C=O) groups is 2. The molecule has 1 atom stereocenters. The lowest BCUT2D eigenvalue weighted by molar-refractivity contribution is -0.141. The van der Waals surface area contributed by atoms with Gasteiger partial charge in [-0.3, -0.25) is 5.32 Å². The smallest absolute Gasteiger partial charge is 0.327 e. The zero-order chi connectivity index (χ0) is 13.1. The van der Waals surface area contributed by atoms with Crippen LogP contribution in [0.1, 0.15) is 0 Å². The minimum atomic E-state index is -0.974. The Morgan fingerprint density at radius 3 is 3.00 bits per heavy atom. The molecule has 9 heteroatoms. The first-order valence-electron chi connectivity index (χ1n) is 5.07. The number of nitrogens with zero attached hydrogens (tertiary/aromatic N) is 2. The number of anilines is 1. The monoisotopic (exact) mass is 351 g/mol. The third-order valence-electron chi connectivity index (χ3n) is 2.37. The third kappa shape index (κ3) is 3.15. The lowest BCUT2D eigenvalue weighted by atomic mass is 10.3. The number of aromatic nitrogens is 1. The molecule has 6 nitrogen and oxygen atoms in total. The molecule has 1 saturated heterocycles. The Balaban J connectivity index is 2.04. The molecule has 1 fully saturated rings. The second-order valence-electron chi connectivity index (χ2n) is 3.52. The Hall–Kier alpha value is -0.800. The van der Waals surface area contributed by atoms with E-state index in [0.717, 1.165) is 9.54 Å². The molecule has 98 valence electrons. The topological polar surface area (TPSA) is 82.5 Å². The van der Waals surface area contributed by atoms with Gasteiger partial charge in [0.15, 0.2) is 5.13 Å². The van der Waals surface area contributed by atoms with Crippen LogP contribution in [0.2, 0.25) is 0 Å². The van der Waals surface area contributed by atoms with Crippen LogP contribution in [0.25, 0.3) is 0 Å². The van der Waals surface area contributed by atoms with Crippen LogP contribution in [0.3, 0.4) is 0 Å². The maximum atomic E-state index is 12.0. The first-order valence-corrected chi connectivity index (χ1v) is 7.84. The normalized spacial score (nSPS) is 19.6. The molecule has 1 aromatic rings. The molecule has 2 amide bonds. The van der Waals surface area contributed by atoms with Crippen LogP contribution in [0.5, 0.6) is 0 Å². The molecule has 18 heavy (non-hydrogen) atoms. The fourth-order valence-electron chi connectivity index (χ4n) is 1.53. The predicted octanol–water partition coefficient (Wildman–Crippen LogP) is 1.94. The van der Waals surface area contributed by atoms with Crippen LogP contribution in [0.4, 0.5) is 9.93 Å². The summed E-state index contributed by atoms with van der Waals surface area (Å²) in [6.07, 6.45) is 1.58. The van der Waals surface area contributed by atoms with Crippen molar-refractivity contribution in [3.05, 3.63) is 9.98 Å². The van der Waals surface area contributed by atoms with E-state index in [-0.39, 0.29) is 0 Å². The number of halogens is 1. The molecule has 0 saturated carbocycles.